The Morgan fingerprint density at radius 2 is 1.74 bits per heavy atom. The summed E-state index contributed by atoms with van der Waals surface area (Å²) in [4.78, 5) is 49.0. The largest absolute Gasteiger partial charge is 0.481 e. The van der Waals surface area contributed by atoms with E-state index in [0.29, 0.717) is 17.3 Å². The van der Waals surface area contributed by atoms with Crippen LogP contribution in [0.2, 0.25) is 0 Å². The fourth-order valence-corrected chi connectivity index (χ4v) is 3.83. The van der Waals surface area contributed by atoms with Gasteiger partial charge in [0.25, 0.3) is 0 Å². The molecule has 4 rings (SSSR count). The summed E-state index contributed by atoms with van der Waals surface area (Å²) in [5.74, 6) is -1.04. The second kappa shape index (κ2) is 11.5. The summed E-state index contributed by atoms with van der Waals surface area (Å²) in [5, 5.41) is 9.29. The molecule has 0 spiro atoms. The van der Waals surface area contributed by atoms with E-state index in [-0.39, 0.29) is 23.8 Å². The van der Waals surface area contributed by atoms with Gasteiger partial charge in [0.15, 0.2) is 0 Å². The van der Waals surface area contributed by atoms with Crippen molar-refractivity contribution in [3.8, 4) is 11.6 Å². The molecule has 0 saturated heterocycles. The van der Waals surface area contributed by atoms with Crippen molar-refractivity contribution in [1.82, 2.24) is 19.1 Å². The Balaban J connectivity index is 1.75. The molecule has 0 aliphatic rings. The van der Waals surface area contributed by atoms with Crippen LogP contribution in [0, 0.1) is 5.92 Å². The predicted octanol–water partition coefficient (Wildman–Crippen LogP) is -0.464. The van der Waals surface area contributed by atoms with Crippen LogP contribution in [-0.2, 0) is 23.0 Å². The number of carboxylic acids is 1. The van der Waals surface area contributed by atoms with E-state index in [1.807, 2.05) is 30.3 Å². The molecular formula is C26H28B3N5O5. The minimum absolute atomic E-state index is 0.0315. The number of aliphatic carboxylic acids is 1. The summed E-state index contributed by atoms with van der Waals surface area (Å²) in [6, 6.07) is 20.0. The average molecular weight is 523 g/mol. The third-order valence-electron chi connectivity index (χ3n) is 6.15. The van der Waals surface area contributed by atoms with Crippen molar-refractivity contribution in [3.05, 3.63) is 111 Å². The van der Waals surface area contributed by atoms with Crippen LogP contribution in [-0.4, -0.2) is 53.7 Å². The maximum atomic E-state index is 13.5. The summed E-state index contributed by atoms with van der Waals surface area (Å²) in [7, 11) is 6.35. The number of carbonyl (C=O) groups is 1. The Morgan fingerprint density at radius 3 is 2.33 bits per heavy atom. The number of benzene rings is 2. The van der Waals surface area contributed by atoms with Gasteiger partial charge in [0.1, 0.15) is 5.75 Å². The summed E-state index contributed by atoms with van der Waals surface area (Å²) in [5.41, 5.74) is 1.10. The predicted molar refractivity (Wildman–Crippen MR) is 155 cm³/mol. The number of pyridine rings is 1. The first-order valence-corrected chi connectivity index (χ1v) is 12.5. The van der Waals surface area contributed by atoms with Gasteiger partial charge < -0.3 is 9.84 Å². The van der Waals surface area contributed by atoms with Gasteiger partial charge >= 0.3 is 17.3 Å². The van der Waals surface area contributed by atoms with Crippen LogP contribution in [0.1, 0.15) is 18.1 Å². The van der Waals surface area contributed by atoms with Crippen molar-refractivity contribution in [2.24, 2.45) is 10.9 Å². The van der Waals surface area contributed by atoms with Crippen LogP contribution < -0.4 is 21.7 Å². The standard InChI is InChI=1S/C26H28B3N5O5/c1-16(22(35)36)14-34-24(37)32-23(31-19-9-11-20(12-10-19)39-21-4-2-3-13-30-21)33(25(34)38)15-17-5-7-18(8-6-17)26(27,28)29/h2-13,16H,14-15,27-29H2,1H3,(H,35,36)(H,31,32,37)/t16-/m0/s1. The zero-order valence-corrected chi connectivity index (χ0v) is 22.3. The number of hydrogen-bond donors (Lipinski definition) is 2. The lowest BCUT2D eigenvalue weighted by Gasteiger charge is -2.19. The third-order valence-corrected chi connectivity index (χ3v) is 6.15. The summed E-state index contributed by atoms with van der Waals surface area (Å²) >= 11 is 0. The number of carboxylic acid groups (broad SMARTS) is 1. The van der Waals surface area contributed by atoms with Gasteiger partial charge in [-0.15, -0.1) is 0 Å². The average Bonchev–Trinajstić information content (AvgIpc) is 2.90. The van der Waals surface area contributed by atoms with E-state index in [2.05, 4.69) is 38.5 Å². The zero-order chi connectivity index (χ0) is 28.2. The monoisotopic (exact) mass is 523 g/mol. The summed E-state index contributed by atoms with van der Waals surface area (Å²) < 4.78 is 7.94. The van der Waals surface area contributed by atoms with E-state index in [9.17, 15) is 19.5 Å². The molecule has 0 fully saturated rings. The lowest BCUT2D eigenvalue weighted by Crippen LogP contribution is -2.51. The van der Waals surface area contributed by atoms with Crippen LogP contribution in [0.3, 0.4) is 0 Å². The fraction of sp³-hybridized carbons (Fsp3) is 0.192. The van der Waals surface area contributed by atoms with E-state index in [1.54, 1.807) is 42.6 Å². The SMILES string of the molecule is BC(B)(B)c1ccc(Cn2c(=O)n(C[C@H](C)C(=O)O)c(=O)[nH]/c2=N\c2ccc(Oc3ccccn3)cc2)cc1. The van der Waals surface area contributed by atoms with Crippen LogP contribution >= 0.6 is 0 Å². The second-order valence-electron chi connectivity index (χ2n) is 10.3. The highest BCUT2D eigenvalue weighted by Gasteiger charge is 2.18. The molecule has 39 heavy (non-hydrogen) atoms. The van der Waals surface area contributed by atoms with Crippen molar-refractivity contribution < 1.29 is 14.6 Å². The number of aromatic nitrogens is 4. The molecule has 0 bridgehead atoms. The highest BCUT2D eigenvalue weighted by atomic mass is 16.5. The van der Waals surface area contributed by atoms with Crippen molar-refractivity contribution in [1.29, 1.82) is 0 Å². The van der Waals surface area contributed by atoms with E-state index in [1.165, 1.54) is 11.5 Å². The topological polar surface area (TPSA) is 132 Å². The summed E-state index contributed by atoms with van der Waals surface area (Å²) in [6.45, 7) is 1.30. The molecule has 1 atom stereocenters. The van der Waals surface area contributed by atoms with Crippen LogP contribution in [0.25, 0.3) is 0 Å². The van der Waals surface area contributed by atoms with Crippen molar-refractivity contribution in [2.75, 3.05) is 0 Å². The van der Waals surface area contributed by atoms with Gasteiger partial charge in [-0.1, -0.05) is 47.9 Å². The Labute approximate surface area is 227 Å². The Morgan fingerprint density at radius 1 is 1.05 bits per heavy atom. The molecule has 0 aliphatic carbocycles. The molecule has 2 aromatic heterocycles. The fourth-order valence-electron chi connectivity index (χ4n) is 3.83. The van der Waals surface area contributed by atoms with Crippen molar-refractivity contribution in [3.63, 3.8) is 0 Å². The number of nitrogens with zero attached hydrogens (tertiary/aromatic N) is 4. The Bertz CT molecular complexity index is 1640. The van der Waals surface area contributed by atoms with Gasteiger partial charge in [0.2, 0.25) is 11.5 Å². The smallest absolute Gasteiger partial charge is 0.335 e. The molecule has 10 nitrogen and oxygen atoms in total. The molecule has 4 aromatic rings. The molecule has 0 saturated carbocycles. The third kappa shape index (κ3) is 6.87. The molecule has 0 aliphatic heterocycles. The maximum Gasteiger partial charge on any atom is 0.335 e. The molecule has 0 amide bonds. The van der Waals surface area contributed by atoms with E-state index in [0.717, 1.165) is 15.7 Å². The normalized spacial score (nSPS) is 12.7. The Kier molecular flexibility index (Phi) is 8.08. The highest BCUT2D eigenvalue weighted by molar-refractivity contribution is 6.58. The first-order chi connectivity index (χ1) is 18.5. The van der Waals surface area contributed by atoms with Gasteiger partial charge in [-0.2, -0.15) is 0 Å². The molecule has 0 unspecified atom stereocenters. The molecule has 2 aromatic carbocycles. The first-order valence-electron chi connectivity index (χ1n) is 12.5. The van der Waals surface area contributed by atoms with E-state index in [4.69, 9.17) is 4.74 Å². The van der Waals surface area contributed by atoms with Crippen LogP contribution in [0.4, 0.5) is 5.69 Å². The molecule has 2 heterocycles. The van der Waals surface area contributed by atoms with Crippen LogP contribution in [0.15, 0.2) is 87.5 Å². The number of aromatic amines is 1. The zero-order valence-electron chi connectivity index (χ0n) is 22.3. The highest BCUT2D eigenvalue weighted by Crippen LogP contribution is 2.22. The van der Waals surface area contributed by atoms with Crippen molar-refractivity contribution in [2.45, 2.75) is 25.1 Å². The Hall–Kier alpha value is -4.54. The summed E-state index contributed by atoms with van der Waals surface area (Å²) in [6.07, 6.45) is 1.63. The van der Waals surface area contributed by atoms with Gasteiger partial charge in [0, 0.05) is 18.8 Å². The lowest BCUT2D eigenvalue weighted by atomic mass is 9.40. The maximum absolute atomic E-state index is 13.5. The van der Waals surface area contributed by atoms with Crippen LogP contribution in [0.5, 0.6) is 11.6 Å². The number of ether oxygens (including phenoxy) is 1. The molecule has 0 radical (unpaired) electrons. The molecule has 2 N–H and O–H groups in total. The molecular weight excluding hydrogens is 495 g/mol. The number of H-pyrrole nitrogens is 1. The first kappa shape index (κ1) is 27.5. The van der Waals surface area contributed by atoms with Gasteiger partial charge in [0.05, 0.1) is 41.7 Å². The molecule has 13 heteroatoms. The minimum atomic E-state index is -1.10. The van der Waals surface area contributed by atoms with Gasteiger partial charge in [-0.3, -0.25) is 14.3 Å². The number of hydrogen-bond acceptors (Lipinski definition) is 6. The quantitative estimate of drug-likeness (QED) is 0.286. The van der Waals surface area contributed by atoms with E-state index < -0.39 is 23.3 Å². The number of nitrogens with one attached hydrogen (secondary N) is 1. The van der Waals surface area contributed by atoms with E-state index >= 15 is 0 Å². The lowest BCUT2D eigenvalue weighted by molar-refractivity contribution is -0.141. The van der Waals surface area contributed by atoms with Crippen molar-refractivity contribution >= 4 is 35.2 Å². The number of rotatable bonds is 9. The van der Waals surface area contributed by atoms with Gasteiger partial charge in [-0.05, 0) is 35.9 Å². The minimum Gasteiger partial charge on any atom is -0.481 e. The molecule has 196 valence electrons. The second-order valence-corrected chi connectivity index (χ2v) is 10.3. The van der Waals surface area contributed by atoms with Gasteiger partial charge in [-0.25, -0.2) is 24.1 Å².